The molecule has 2 aromatic carbocycles. The van der Waals surface area contributed by atoms with Crippen molar-refractivity contribution in [3.63, 3.8) is 0 Å². The number of ether oxygens (including phenoxy) is 1. The molecule has 0 spiro atoms. The maximum absolute atomic E-state index is 5.74. The summed E-state index contributed by atoms with van der Waals surface area (Å²) in [7, 11) is 0. The molecule has 2 heteroatoms. The Labute approximate surface area is 159 Å². The lowest BCUT2D eigenvalue weighted by atomic mass is 10.1. The van der Waals surface area contributed by atoms with E-state index in [1.807, 2.05) is 18.3 Å². The molecular formula is C24H33NO. The zero-order valence-electron chi connectivity index (χ0n) is 16.4. The van der Waals surface area contributed by atoms with Crippen molar-refractivity contribution in [1.29, 1.82) is 0 Å². The molecule has 0 aliphatic carbocycles. The van der Waals surface area contributed by atoms with E-state index in [1.54, 1.807) is 0 Å². The van der Waals surface area contributed by atoms with Crippen molar-refractivity contribution in [3.05, 3.63) is 59.7 Å². The Bertz CT molecular complexity index is 571. The Morgan fingerprint density at radius 3 is 2.15 bits per heavy atom. The van der Waals surface area contributed by atoms with E-state index in [1.165, 1.54) is 50.5 Å². The average molecular weight is 352 g/mol. The van der Waals surface area contributed by atoms with Crippen LogP contribution in [0.25, 0.3) is 0 Å². The van der Waals surface area contributed by atoms with Crippen LogP contribution in [-0.2, 0) is 6.42 Å². The number of hydrogen-bond acceptors (Lipinski definition) is 2. The van der Waals surface area contributed by atoms with Crippen LogP contribution in [0.4, 0.5) is 5.69 Å². The monoisotopic (exact) mass is 351 g/mol. The molecule has 0 saturated carbocycles. The summed E-state index contributed by atoms with van der Waals surface area (Å²) >= 11 is 0. The van der Waals surface area contributed by atoms with Gasteiger partial charge in [-0.25, -0.2) is 0 Å². The van der Waals surface area contributed by atoms with Crippen molar-refractivity contribution in [2.75, 3.05) is 6.61 Å². The van der Waals surface area contributed by atoms with Gasteiger partial charge in [0, 0.05) is 6.21 Å². The third kappa shape index (κ3) is 7.86. The number of rotatable bonds is 12. The van der Waals surface area contributed by atoms with Crippen molar-refractivity contribution in [3.8, 4) is 5.75 Å². The van der Waals surface area contributed by atoms with Gasteiger partial charge < -0.3 is 4.74 Å². The highest BCUT2D eigenvalue weighted by atomic mass is 16.5. The molecule has 0 heterocycles. The first-order valence-electron chi connectivity index (χ1n) is 10.2. The van der Waals surface area contributed by atoms with Gasteiger partial charge in [0.15, 0.2) is 0 Å². The number of aliphatic imine (C=N–C) groups is 1. The Morgan fingerprint density at radius 2 is 1.46 bits per heavy atom. The number of nitrogens with zero attached hydrogens (tertiary/aromatic N) is 1. The predicted octanol–water partition coefficient (Wildman–Crippen LogP) is 7.13. The van der Waals surface area contributed by atoms with Crippen molar-refractivity contribution in [2.24, 2.45) is 4.99 Å². The molecule has 0 N–H and O–H groups in total. The molecule has 2 aromatic rings. The lowest BCUT2D eigenvalue weighted by molar-refractivity contribution is 0.306. The summed E-state index contributed by atoms with van der Waals surface area (Å²) in [6, 6.07) is 16.8. The minimum atomic E-state index is 0.798. The van der Waals surface area contributed by atoms with E-state index in [0.717, 1.165) is 30.0 Å². The zero-order chi connectivity index (χ0) is 18.5. The summed E-state index contributed by atoms with van der Waals surface area (Å²) in [6.45, 7) is 5.25. The molecule has 2 rings (SSSR count). The first kappa shape index (κ1) is 20.2. The summed E-state index contributed by atoms with van der Waals surface area (Å²) in [5.74, 6) is 0.936. The van der Waals surface area contributed by atoms with E-state index in [2.05, 4.69) is 55.2 Å². The third-order valence-electron chi connectivity index (χ3n) is 4.51. The highest BCUT2D eigenvalue weighted by Crippen LogP contribution is 2.16. The molecular weight excluding hydrogens is 318 g/mol. The van der Waals surface area contributed by atoms with Gasteiger partial charge in [0.05, 0.1) is 12.3 Å². The van der Waals surface area contributed by atoms with Gasteiger partial charge in [0.2, 0.25) is 0 Å². The molecule has 0 saturated heterocycles. The molecule has 0 aliphatic rings. The van der Waals surface area contributed by atoms with Crippen molar-refractivity contribution in [2.45, 2.75) is 65.2 Å². The number of hydrogen-bond donors (Lipinski definition) is 0. The third-order valence-corrected chi connectivity index (χ3v) is 4.51. The van der Waals surface area contributed by atoms with Gasteiger partial charge in [-0.15, -0.1) is 0 Å². The fraction of sp³-hybridized carbons (Fsp3) is 0.458. The lowest BCUT2D eigenvalue weighted by Gasteiger charge is -2.05. The second-order valence-electron chi connectivity index (χ2n) is 6.86. The number of benzene rings is 2. The van der Waals surface area contributed by atoms with Gasteiger partial charge in [0.1, 0.15) is 5.75 Å². The fourth-order valence-corrected chi connectivity index (χ4v) is 2.85. The maximum Gasteiger partial charge on any atom is 0.119 e. The largest absolute Gasteiger partial charge is 0.494 e. The number of unbranched alkanes of at least 4 members (excludes halogenated alkanes) is 5. The normalized spacial score (nSPS) is 11.2. The average Bonchev–Trinajstić information content (AvgIpc) is 2.69. The fourth-order valence-electron chi connectivity index (χ4n) is 2.85. The first-order valence-corrected chi connectivity index (χ1v) is 10.2. The molecule has 0 fully saturated rings. The van der Waals surface area contributed by atoms with Crippen molar-refractivity contribution < 1.29 is 4.74 Å². The molecule has 0 aliphatic heterocycles. The van der Waals surface area contributed by atoms with Crippen LogP contribution in [0.1, 0.15) is 69.9 Å². The molecule has 0 unspecified atom stereocenters. The highest BCUT2D eigenvalue weighted by molar-refractivity contribution is 5.82. The van der Waals surface area contributed by atoms with Gasteiger partial charge >= 0.3 is 0 Å². The van der Waals surface area contributed by atoms with E-state index >= 15 is 0 Å². The summed E-state index contributed by atoms with van der Waals surface area (Å²) in [5, 5.41) is 0. The highest BCUT2D eigenvalue weighted by Gasteiger charge is 1.96. The summed E-state index contributed by atoms with van der Waals surface area (Å²) in [6.07, 6.45) is 11.9. The molecule has 0 bridgehead atoms. The Hall–Kier alpha value is -2.09. The minimum Gasteiger partial charge on any atom is -0.494 e. The SMILES string of the molecule is CCCCCCc1ccc(N=Cc2ccc(OCCCCC)cc2)cc1. The minimum absolute atomic E-state index is 0.798. The Balaban J connectivity index is 1.79. The van der Waals surface area contributed by atoms with Gasteiger partial charge in [-0.3, -0.25) is 4.99 Å². The van der Waals surface area contributed by atoms with Crippen LogP contribution in [0.15, 0.2) is 53.5 Å². The van der Waals surface area contributed by atoms with Gasteiger partial charge in [-0.1, -0.05) is 58.1 Å². The second-order valence-corrected chi connectivity index (χ2v) is 6.86. The van der Waals surface area contributed by atoms with E-state index in [9.17, 15) is 0 Å². The molecule has 2 nitrogen and oxygen atoms in total. The van der Waals surface area contributed by atoms with E-state index in [-0.39, 0.29) is 0 Å². The number of aryl methyl sites for hydroxylation is 1. The first-order chi connectivity index (χ1) is 12.8. The summed E-state index contributed by atoms with van der Waals surface area (Å²) in [5.41, 5.74) is 3.50. The van der Waals surface area contributed by atoms with Crippen molar-refractivity contribution >= 4 is 11.9 Å². The molecule has 0 amide bonds. The van der Waals surface area contributed by atoms with E-state index < -0.39 is 0 Å². The van der Waals surface area contributed by atoms with Crippen LogP contribution in [0.5, 0.6) is 5.75 Å². The van der Waals surface area contributed by atoms with Gasteiger partial charge in [0.25, 0.3) is 0 Å². The molecule has 0 atom stereocenters. The standard InChI is InChI=1S/C24H33NO/c1-3-5-7-8-10-21-11-15-23(16-12-21)25-20-22-13-17-24(18-14-22)26-19-9-6-4-2/h11-18,20H,3-10,19H2,1-2H3. The van der Waals surface area contributed by atoms with Crippen LogP contribution in [-0.4, -0.2) is 12.8 Å². The van der Waals surface area contributed by atoms with Crippen LogP contribution < -0.4 is 4.74 Å². The predicted molar refractivity (Wildman–Crippen MR) is 113 cm³/mol. The Morgan fingerprint density at radius 1 is 0.769 bits per heavy atom. The topological polar surface area (TPSA) is 21.6 Å². The Kier molecular flexibility index (Phi) is 9.56. The van der Waals surface area contributed by atoms with Crippen LogP contribution in [0.2, 0.25) is 0 Å². The van der Waals surface area contributed by atoms with Crippen LogP contribution in [0.3, 0.4) is 0 Å². The second kappa shape index (κ2) is 12.3. The molecule has 26 heavy (non-hydrogen) atoms. The van der Waals surface area contributed by atoms with Gasteiger partial charge in [-0.2, -0.15) is 0 Å². The quantitative estimate of drug-likeness (QED) is 0.294. The van der Waals surface area contributed by atoms with Crippen LogP contribution >= 0.6 is 0 Å². The van der Waals surface area contributed by atoms with Crippen molar-refractivity contribution in [1.82, 2.24) is 0 Å². The summed E-state index contributed by atoms with van der Waals surface area (Å²) in [4.78, 5) is 4.58. The van der Waals surface area contributed by atoms with E-state index in [0.29, 0.717) is 0 Å². The lowest BCUT2D eigenvalue weighted by Crippen LogP contribution is -1.96. The van der Waals surface area contributed by atoms with E-state index in [4.69, 9.17) is 4.74 Å². The zero-order valence-corrected chi connectivity index (χ0v) is 16.4. The molecule has 140 valence electrons. The smallest absolute Gasteiger partial charge is 0.119 e. The van der Waals surface area contributed by atoms with Crippen LogP contribution in [0, 0.1) is 0 Å². The van der Waals surface area contributed by atoms with Gasteiger partial charge in [-0.05, 0) is 66.8 Å². The molecule has 0 radical (unpaired) electrons. The summed E-state index contributed by atoms with van der Waals surface area (Å²) < 4.78 is 5.74. The maximum atomic E-state index is 5.74. The molecule has 0 aromatic heterocycles.